The number of rotatable bonds is 10. The van der Waals surface area contributed by atoms with Gasteiger partial charge < -0.3 is 16.0 Å². The molecule has 5 aromatic rings. The molecule has 242 valence electrons. The van der Waals surface area contributed by atoms with Gasteiger partial charge in [-0.25, -0.2) is 4.39 Å². The molecule has 1 unspecified atom stereocenters. The van der Waals surface area contributed by atoms with Gasteiger partial charge in [0.25, 0.3) is 11.8 Å². The third-order valence-electron chi connectivity index (χ3n) is 6.87. The molecule has 6 nitrogen and oxygen atoms in total. The Balaban J connectivity index is 1.32. The van der Waals surface area contributed by atoms with E-state index in [1.54, 1.807) is 84.9 Å². The molecule has 0 aliphatic carbocycles. The van der Waals surface area contributed by atoms with Crippen molar-refractivity contribution in [2.45, 2.75) is 16.3 Å². The zero-order valence-corrected chi connectivity index (χ0v) is 25.8. The first-order chi connectivity index (χ1) is 23.0. The maximum Gasteiger partial charge on any atom is 0.416 e. The Morgan fingerprint density at radius 1 is 0.688 bits per heavy atom. The highest BCUT2D eigenvalue weighted by Crippen LogP contribution is 2.37. The fourth-order valence-corrected chi connectivity index (χ4v) is 5.53. The van der Waals surface area contributed by atoms with Gasteiger partial charge in [-0.05, 0) is 83.9 Å². The molecule has 11 heteroatoms. The number of benzene rings is 5. The van der Waals surface area contributed by atoms with Crippen LogP contribution in [0.25, 0.3) is 6.08 Å². The van der Waals surface area contributed by atoms with E-state index in [0.717, 1.165) is 12.1 Å². The van der Waals surface area contributed by atoms with Crippen molar-refractivity contribution in [2.75, 3.05) is 10.6 Å². The summed E-state index contributed by atoms with van der Waals surface area (Å²) in [6.45, 7) is 0. The van der Waals surface area contributed by atoms with Crippen molar-refractivity contribution >= 4 is 46.9 Å². The zero-order chi connectivity index (χ0) is 34.1. The van der Waals surface area contributed by atoms with E-state index >= 15 is 0 Å². The summed E-state index contributed by atoms with van der Waals surface area (Å²) in [4.78, 5) is 40.3. The van der Waals surface area contributed by atoms with Gasteiger partial charge in [-0.2, -0.15) is 13.2 Å². The van der Waals surface area contributed by atoms with Crippen LogP contribution >= 0.6 is 11.8 Å². The molecule has 1 atom stereocenters. The van der Waals surface area contributed by atoms with Crippen molar-refractivity contribution in [2.24, 2.45) is 0 Å². The van der Waals surface area contributed by atoms with Gasteiger partial charge in [0.15, 0.2) is 0 Å². The van der Waals surface area contributed by atoms with Crippen LogP contribution in [0, 0.1) is 5.82 Å². The SMILES string of the molecule is O=C(Nc1ccc(SC(C(=O)Nc2cccc(C(F)(F)F)c2)c2ccccc2)cc1)/C(=C/c1ccc(F)cc1)NC(=O)c1ccccc1. The van der Waals surface area contributed by atoms with Gasteiger partial charge in [0, 0.05) is 21.8 Å². The summed E-state index contributed by atoms with van der Waals surface area (Å²) in [6.07, 6.45) is -3.14. The predicted octanol–water partition coefficient (Wildman–Crippen LogP) is 8.73. The molecule has 0 aromatic heterocycles. The molecular formula is C37H27F4N3O3S. The van der Waals surface area contributed by atoms with E-state index in [4.69, 9.17) is 0 Å². The van der Waals surface area contributed by atoms with Crippen LogP contribution in [0.2, 0.25) is 0 Å². The van der Waals surface area contributed by atoms with Gasteiger partial charge in [-0.1, -0.05) is 66.7 Å². The second kappa shape index (κ2) is 15.3. The number of hydrogen-bond acceptors (Lipinski definition) is 4. The molecule has 0 saturated heterocycles. The molecule has 0 bridgehead atoms. The molecular weight excluding hydrogens is 642 g/mol. The number of anilines is 2. The van der Waals surface area contributed by atoms with Crippen molar-refractivity contribution in [1.29, 1.82) is 0 Å². The van der Waals surface area contributed by atoms with Crippen molar-refractivity contribution in [3.05, 3.63) is 167 Å². The van der Waals surface area contributed by atoms with Gasteiger partial charge in [0.2, 0.25) is 5.91 Å². The smallest absolute Gasteiger partial charge is 0.325 e. The van der Waals surface area contributed by atoms with E-state index in [-0.39, 0.29) is 11.4 Å². The van der Waals surface area contributed by atoms with E-state index in [9.17, 15) is 31.9 Å². The standard InChI is InChI=1S/C37H27F4N3O3S/c38-28-16-14-24(15-17-28)22-32(44-34(45)26-10-5-2-6-11-26)35(46)42-29-18-20-31(21-19-29)48-33(25-8-3-1-4-9-25)36(47)43-30-13-7-12-27(23-30)37(39,40)41/h1-23,33H,(H,42,46)(H,43,47)(H,44,45)/b32-22-. The summed E-state index contributed by atoms with van der Waals surface area (Å²) >= 11 is 1.18. The minimum Gasteiger partial charge on any atom is -0.325 e. The lowest BCUT2D eigenvalue weighted by Crippen LogP contribution is -2.30. The maximum atomic E-state index is 13.5. The van der Waals surface area contributed by atoms with Crippen molar-refractivity contribution in [3.63, 3.8) is 0 Å². The molecule has 0 spiro atoms. The summed E-state index contributed by atoms with van der Waals surface area (Å²) in [6, 6.07) is 33.5. The number of carbonyl (C=O) groups excluding carboxylic acids is 3. The molecule has 0 saturated carbocycles. The molecule has 3 amide bonds. The van der Waals surface area contributed by atoms with Crippen LogP contribution in [0.5, 0.6) is 0 Å². The number of thioether (sulfide) groups is 1. The average Bonchev–Trinajstić information content (AvgIpc) is 3.09. The van der Waals surface area contributed by atoms with Gasteiger partial charge in [-0.15, -0.1) is 11.8 Å². The fraction of sp³-hybridized carbons (Fsp3) is 0.0541. The third-order valence-corrected chi connectivity index (χ3v) is 8.14. The van der Waals surface area contributed by atoms with E-state index < -0.39 is 40.5 Å². The van der Waals surface area contributed by atoms with Gasteiger partial charge in [0.05, 0.1) is 5.56 Å². The Morgan fingerprint density at radius 2 is 1.33 bits per heavy atom. The second-order valence-corrected chi connectivity index (χ2v) is 11.6. The Labute approximate surface area is 277 Å². The largest absolute Gasteiger partial charge is 0.416 e. The average molecular weight is 670 g/mol. The molecule has 0 fully saturated rings. The van der Waals surface area contributed by atoms with Crippen LogP contribution in [-0.4, -0.2) is 17.7 Å². The molecule has 0 radical (unpaired) electrons. The highest BCUT2D eigenvalue weighted by molar-refractivity contribution is 8.00. The van der Waals surface area contributed by atoms with Crippen LogP contribution in [0.15, 0.2) is 144 Å². The molecule has 0 aliphatic rings. The monoisotopic (exact) mass is 669 g/mol. The van der Waals surface area contributed by atoms with Gasteiger partial charge >= 0.3 is 6.18 Å². The zero-order valence-electron chi connectivity index (χ0n) is 25.0. The Hall–Kier alpha value is -5.68. The first-order valence-electron chi connectivity index (χ1n) is 14.5. The minimum absolute atomic E-state index is 0.0123. The molecule has 48 heavy (non-hydrogen) atoms. The topological polar surface area (TPSA) is 87.3 Å². The van der Waals surface area contributed by atoms with Crippen LogP contribution in [0.3, 0.4) is 0 Å². The van der Waals surface area contributed by atoms with E-state index in [0.29, 0.717) is 27.3 Å². The van der Waals surface area contributed by atoms with Crippen LogP contribution in [-0.2, 0) is 15.8 Å². The molecule has 0 aliphatic heterocycles. The Kier molecular flexibility index (Phi) is 10.7. The lowest BCUT2D eigenvalue weighted by molar-refractivity contribution is -0.137. The second-order valence-electron chi connectivity index (χ2n) is 10.4. The first kappa shape index (κ1) is 33.7. The van der Waals surface area contributed by atoms with Gasteiger partial charge in [0.1, 0.15) is 16.8 Å². The Bertz CT molecular complexity index is 1920. The number of amides is 3. The van der Waals surface area contributed by atoms with Crippen LogP contribution in [0.1, 0.15) is 32.3 Å². The lowest BCUT2D eigenvalue weighted by atomic mass is 10.1. The fourth-order valence-electron chi connectivity index (χ4n) is 4.50. The summed E-state index contributed by atoms with van der Waals surface area (Å²) in [5, 5.41) is 7.14. The van der Waals surface area contributed by atoms with Gasteiger partial charge in [-0.3, -0.25) is 14.4 Å². The number of halogens is 4. The van der Waals surface area contributed by atoms with Crippen molar-refractivity contribution in [3.8, 4) is 0 Å². The molecule has 0 heterocycles. The van der Waals surface area contributed by atoms with E-state index in [2.05, 4.69) is 16.0 Å². The van der Waals surface area contributed by atoms with Crippen molar-refractivity contribution < 1.29 is 31.9 Å². The van der Waals surface area contributed by atoms with Crippen LogP contribution in [0.4, 0.5) is 28.9 Å². The highest BCUT2D eigenvalue weighted by Gasteiger charge is 2.31. The van der Waals surface area contributed by atoms with E-state index in [1.807, 2.05) is 0 Å². The summed E-state index contributed by atoms with van der Waals surface area (Å²) < 4.78 is 53.2. The lowest BCUT2D eigenvalue weighted by Gasteiger charge is -2.18. The first-order valence-corrected chi connectivity index (χ1v) is 15.4. The number of nitrogens with one attached hydrogen (secondary N) is 3. The quantitative estimate of drug-likeness (QED) is 0.0789. The third kappa shape index (κ3) is 9.20. The molecule has 5 rings (SSSR count). The van der Waals surface area contributed by atoms with Crippen LogP contribution < -0.4 is 16.0 Å². The number of carbonyl (C=O) groups is 3. The summed E-state index contributed by atoms with van der Waals surface area (Å²) in [7, 11) is 0. The molecule has 5 aromatic carbocycles. The normalized spacial score (nSPS) is 12.1. The highest BCUT2D eigenvalue weighted by atomic mass is 32.2. The Morgan fingerprint density at radius 3 is 1.98 bits per heavy atom. The van der Waals surface area contributed by atoms with E-state index in [1.165, 1.54) is 54.2 Å². The maximum absolute atomic E-state index is 13.5. The minimum atomic E-state index is -4.56. The van der Waals surface area contributed by atoms with Crippen molar-refractivity contribution in [1.82, 2.24) is 5.32 Å². The number of hydrogen-bond donors (Lipinski definition) is 3. The number of alkyl halides is 3. The molecule has 3 N–H and O–H groups in total. The predicted molar refractivity (Wildman–Crippen MR) is 178 cm³/mol. The summed E-state index contributed by atoms with van der Waals surface area (Å²) in [5.41, 5.74) is 0.889. The summed E-state index contributed by atoms with van der Waals surface area (Å²) in [5.74, 6) is -2.12.